The van der Waals surface area contributed by atoms with E-state index in [1.807, 2.05) is 11.5 Å². The highest BCUT2D eigenvalue weighted by Crippen LogP contribution is 2.48. The maximum absolute atomic E-state index is 12.8. The van der Waals surface area contributed by atoms with E-state index in [4.69, 9.17) is 0 Å². The molecular weight excluding hydrogens is 318 g/mol. The number of nitrogens with zero attached hydrogens (tertiary/aromatic N) is 1. The first kappa shape index (κ1) is 14.1. The van der Waals surface area contributed by atoms with Crippen LogP contribution < -0.4 is 5.56 Å². The molecule has 0 N–H and O–H groups in total. The molecule has 1 aromatic rings. The van der Waals surface area contributed by atoms with E-state index in [1.165, 1.54) is 6.42 Å². The number of Topliss-reactive ketones (excluding diaryl/α,β-unsaturated/α-hetero) is 1. The van der Waals surface area contributed by atoms with Crippen molar-refractivity contribution in [3.05, 3.63) is 32.2 Å². The Kier molecular flexibility index (Phi) is 3.39. The second kappa shape index (κ2) is 4.83. The van der Waals surface area contributed by atoms with Crippen LogP contribution in [0.15, 0.2) is 15.3 Å². The maximum Gasteiger partial charge on any atom is 0.265 e. The predicted molar refractivity (Wildman–Crippen MR) is 82.3 cm³/mol. The van der Waals surface area contributed by atoms with Crippen LogP contribution >= 0.6 is 15.9 Å². The molecule has 1 aliphatic heterocycles. The molecule has 2 aliphatic rings. The van der Waals surface area contributed by atoms with E-state index in [-0.39, 0.29) is 22.8 Å². The van der Waals surface area contributed by atoms with Crippen LogP contribution in [-0.4, -0.2) is 10.4 Å². The lowest BCUT2D eigenvalue weighted by molar-refractivity contribution is 0.0774. The summed E-state index contributed by atoms with van der Waals surface area (Å²) < 4.78 is 2.43. The van der Waals surface area contributed by atoms with Crippen LogP contribution in [0.25, 0.3) is 0 Å². The van der Waals surface area contributed by atoms with E-state index in [9.17, 15) is 9.59 Å². The molecule has 0 bridgehead atoms. The molecule has 20 heavy (non-hydrogen) atoms. The standard InChI is InChI=1S/C16H20BrNO2/c1-3-11-14(19)13-10(2)9-12(17)15(20)18(13)16(11)7-5-4-6-8-16/h9,11H,3-8H2,1-2H3. The van der Waals surface area contributed by atoms with Gasteiger partial charge in [-0.15, -0.1) is 0 Å². The minimum absolute atomic E-state index is 0.0245. The lowest BCUT2D eigenvalue weighted by Crippen LogP contribution is -2.45. The molecule has 1 atom stereocenters. The van der Waals surface area contributed by atoms with E-state index in [2.05, 4.69) is 22.9 Å². The zero-order valence-electron chi connectivity index (χ0n) is 12.0. The SMILES string of the molecule is CCC1C(=O)c2c(C)cc(Br)c(=O)n2C12CCCCC2. The van der Waals surface area contributed by atoms with Gasteiger partial charge in [-0.1, -0.05) is 26.2 Å². The number of fused-ring (bicyclic) bond motifs is 2. The Morgan fingerprint density at radius 1 is 1.30 bits per heavy atom. The van der Waals surface area contributed by atoms with Gasteiger partial charge in [-0.3, -0.25) is 14.2 Å². The van der Waals surface area contributed by atoms with Gasteiger partial charge in [0.1, 0.15) is 0 Å². The Hall–Kier alpha value is -0.900. The zero-order chi connectivity index (χ0) is 14.5. The smallest absolute Gasteiger partial charge is 0.265 e. The Bertz CT molecular complexity index is 626. The van der Waals surface area contributed by atoms with Gasteiger partial charge in [0.05, 0.1) is 15.7 Å². The summed E-state index contributed by atoms with van der Waals surface area (Å²) in [5, 5.41) is 0. The van der Waals surface area contributed by atoms with Gasteiger partial charge < -0.3 is 0 Å². The number of carbonyl (C=O) groups excluding carboxylic acids is 1. The first-order valence-corrected chi connectivity index (χ1v) is 8.29. The van der Waals surface area contributed by atoms with Crippen LogP contribution in [0.5, 0.6) is 0 Å². The number of carbonyl (C=O) groups is 1. The van der Waals surface area contributed by atoms with Crippen molar-refractivity contribution in [3.63, 3.8) is 0 Å². The lowest BCUT2D eigenvalue weighted by atomic mass is 9.72. The second-order valence-corrected chi connectivity index (χ2v) is 7.01. The van der Waals surface area contributed by atoms with Gasteiger partial charge in [-0.25, -0.2) is 0 Å². The molecule has 1 aromatic heterocycles. The van der Waals surface area contributed by atoms with Gasteiger partial charge >= 0.3 is 0 Å². The molecule has 0 aromatic carbocycles. The average molecular weight is 338 g/mol. The van der Waals surface area contributed by atoms with Crippen molar-refractivity contribution < 1.29 is 4.79 Å². The maximum atomic E-state index is 12.8. The third kappa shape index (κ3) is 1.70. The lowest BCUT2D eigenvalue weighted by Gasteiger charge is -2.39. The molecule has 1 spiro atoms. The number of hydrogen-bond donors (Lipinski definition) is 0. The topological polar surface area (TPSA) is 39.1 Å². The van der Waals surface area contributed by atoms with Crippen molar-refractivity contribution in [3.8, 4) is 0 Å². The van der Waals surface area contributed by atoms with Gasteiger partial charge in [0.15, 0.2) is 5.78 Å². The first-order valence-electron chi connectivity index (χ1n) is 7.50. The second-order valence-electron chi connectivity index (χ2n) is 6.15. The molecule has 1 unspecified atom stereocenters. The summed E-state index contributed by atoms with van der Waals surface area (Å²) in [6, 6.07) is 1.79. The van der Waals surface area contributed by atoms with Crippen LogP contribution in [0, 0.1) is 12.8 Å². The van der Waals surface area contributed by atoms with Gasteiger partial charge in [-0.2, -0.15) is 0 Å². The zero-order valence-corrected chi connectivity index (χ0v) is 13.6. The highest BCUT2D eigenvalue weighted by Gasteiger charge is 2.52. The number of aromatic nitrogens is 1. The summed E-state index contributed by atoms with van der Waals surface area (Å²) >= 11 is 3.37. The summed E-state index contributed by atoms with van der Waals surface area (Å²) in [4.78, 5) is 25.5. The molecule has 0 radical (unpaired) electrons. The first-order chi connectivity index (χ1) is 9.53. The molecule has 2 heterocycles. The normalized spacial score (nSPS) is 24.1. The number of aryl methyl sites for hydroxylation is 1. The van der Waals surface area contributed by atoms with Crippen molar-refractivity contribution in [1.29, 1.82) is 0 Å². The van der Waals surface area contributed by atoms with Crippen molar-refractivity contribution >= 4 is 21.7 Å². The Balaban J connectivity index is 2.33. The number of halogens is 1. The van der Waals surface area contributed by atoms with Crippen molar-refractivity contribution in [1.82, 2.24) is 4.57 Å². The fourth-order valence-electron chi connectivity index (χ4n) is 4.30. The van der Waals surface area contributed by atoms with Crippen LogP contribution in [0.4, 0.5) is 0 Å². The Labute approximate surface area is 127 Å². The van der Waals surface area contributed by atoms with E-state index < -0.39 is 0 Å². The minimum Gasteiger partial charge on any atom is -0.297 e. The molecule has 4 heteroatoms. The summed E-state index contributed by atoms with van der Waals surface area (Å²) in [5.41, 5.74) is 1.29. The van der Waals surface area contributed by atoms with E-state index >= 15 is 0 Å². The molecule has 1 saturated carbocycles. The summed E-state index contributed by atoms with van der Waals surface area (Å²) in [6.07, 6.45) is 6.17. The molecule has 1 fully saturated rings. The number of rotatable bonds is 1. The number of ketones is 1. The molecule has 3 rings (SSSR count). The fourth-order valence-corrected chi connectivity index (χ4v) is 4.82. The van der Waals surface area contributed by atoms with Crippen molar-refractivity contribution in [2.24, 2.45) is 5.92 Å². The van der Waals surface area contributed by atoms with Crippen LogP contribution in [0.2, 0.25) is 0 Å². The van der Waals surface area contributed by atoms with Crippen LogP contribution in [0.3, 0.4) is 0 Å². The third-order valence-electron chi connectivity index (χ3n) is 5.12. The van der Waals surface area contributed by atoms with Gasteiger partial charge in [0, 0.05) is 5.92 Å². The Morgan fingerprint density at radius 2 is 1.95 bits per heavy atom. The number of hydrogen-bond acceptors (Lipinski definition) is 2. The predicted octanol–water partition coefficient (Wildman–Crippen LogP) is 3.80. The third-order valence-corrected chi connectivity index (χ3v) is 5.69. The summed E-state index contributed by atoms with van der Waals surface area (Å²) in [5.74, 6) is 0.153. The quantitative estimate of drug-likeness (QED) is 0.781. The Morgan fingerprint density at radius 3 is 2.55 bits per heavy atom. The molecule has 0 amide bonds. The molecule has 0 saturated heterocycles. The van der Waals surface area contributed by atoms with Crippen molar-refractivity contribution in [2.75, 3.05) is 0 Å². The van der Waals surface area contributed by atoms with Gasteiger partial charge in [0.2, 0.25) is 0 Å². The average Bonchev–Trinajstić information content (AvgIpc) is 2.66. The summed E-state index contributed by atoms with van der Waals surface area (Å²) in [6.45, 7) is 4.00. The number of pyridine rings is 1. The van der Waals surface area contributed by atoms with Crippen LogP contribution in [-0.2, 0) is 5.54 Å². The largest absolute Gasteiger partial charge is 0.297 e. The molecular formula is C16H20BrNO2. The minimum atomic E-state index is -0.259. The highest BCUT2D eigenvalue weighted by atomic mass is 79.9. The van der Waals surface area contributed by atoms with Crippen LogP contribution in [0.1, 0.15) is 61.5 Å². The fraction of sp³-hybridized carbons (Fsp3) is 0.625. The van der Waals surface area contributed by atoms with Gasteiger partial charge in [0.25, 0.3) is 5.56 Å². The molecule has 108 valence electrons. The summed E-state index contributed by atoms with van der Waals surface area (Å²) in [7, 11) is 0. The molecule has 3 nitrogen and oxygen atoms in total. The molecule has 1 aliphatic carbocycles. The van der Waals surface area contributed by atoms with Gasteiger partial charge in [-0.05, 0) is 53.7 Å². The van der Waals surface area contributed by atoms with Crippen molar-refractivity contribution in [2.45, 2.75) is 57.9 Å². The monoisotopic (exact) mass is 337 g/mol. The highest BCUT2D eigenvalue weighted by molar-refractivity contribution is 9.10. The van der Waals surface area contributed by atoms with E-state index in [1.54, 1.807) is 6.07 Å². The van der Waals surface area contributed by atoms with E-state index in [0.29, 0.717) is 10.2 Å². The van der Waals surface area contributed by atoms with E-state index in [0.717, 1.165) is 37.7 Å².